The minimum absolute atomic E-state index is 0.201. The fourth-order valence-electron chi connectivity index (χ4n) is 1.95. The molecule has 0 aromatic heterocycles. The zero-order valence-electron chi connectivity index (χ0n) is 11.5. The summed E-state index contributed by atoms with van der Waals surface area (Å²) in [5, 5.41) is 7.11. The second-order valence-corrected chi connectivity index (χ2v) is 7.40. The van der Waals surface area contributed by atoms with Crippen molar-refractivity contribution < 1.29 is 4.79 Å². The molecule has 0 radical (unpaired) electrons. The molecule has 5 heteroatoms. The topological polar surface area (TPSA) is 41.1 Å². The number of thioether (sulfide) groups is 2. The number of carbonyl (C=O) groups is 1. The molecular weight excluding hydrogens is 264 g/mol. The number of amides is 1. The quantitative estimate of drug-likeness (QED) is 0.672. The van der Waals surface area contributed by atoms with Gasteiger partial charge < -0.3 is 10.6 Å². The number of hydrogen-bond acceptors (Lipinski definition) is 4. The Balaban J connectivity index is 2.05. The zero-order chi connectivity index (χ0) is 13.2. The first-order valence-corrected chi connectivity index (χ1v) is 9.12. The van der Waals surface area contributed by atoms with E-state index in [9.17, 15) is 4.79 Å². The summed E-state index contributed by atoms with van der Waals surface area (Å²) >= 11 is 3.75. The molecular formula is C13H26N2OS2. The number of rotatable bonds is 8. The van der Waals surface area contributed by atoms with Gasteiger partial charge in [0.25, 0.3) is 0 Å². The zero-order valence-corrected chi connectivity index (χ0v) is 13.2. The Bertz CT molecular complexity index is 233. The van der Waals surface area contributed by atoms with E-state index in [0.717, 1.165) is 31.0 Å². The van der Waals surface area contributed by atoms with Crippen LogP contribution in [0.2, 0.25) is 0 Å². The van der Waals surface area contributed by atoms with Gasteiger partial charge in [-0.05, 0) is 50.8 Å². The predicted octanol–water partition coefficient (Wildman–Crippen LogP) is 2.12. The molecule has 0 aromatic rings. The normalized spacial score (nSPS) is 18.6. The van der Waals surface area contributed by atoms with Gasteiger partial charge >= 0.3 is 0 Å². The van der Waals surface area contributed by atoms with E-state index in [2.05, 4.69) is 24.5 Å². The lowest BCUT2D eigenvalue weighted by molar-refractivity contribution is -0.119. The highest BCUT2D eigenvalue weighted by Gasteiger charge is 2.15. The third kappa shape index (κ3) is 7.54. The van der Waals surface area contributed by atoms with Crippen molar-refractivity contribution in [2.75, 3.05) is 30.3 Å². The van der Waals surface area contributed by atoms with Crippen LogP contribution in [0.4, 0.5) is 0 Å². The van der Waals surface area contributed by atoms with Crippen LogP contribution in [-0.2, 0) is 4.79 Å². The largest absolute Gasteiger partial charge is 0.353 e. The van der Waals surface area contributed by atoms with E-state index in [1.54, 1.807) is 0 Å². The Labute approximate surface area is 120 Å². The maximum Gasteiger partial charge on any atom is 0.230 e. The van der Waals surface area contributed by atoms with Crippen molar-refractivity contribution in [1.82, 2.24) is 10.6 Å². The summed E-state index contributed by atoms with van der Waals surface area (Å²) in [6, 6.07) is 0.310. The van der Waals surface area contributed by atoms with Crippen LogP contribution in [0, 0.1) is 0 Å². The molecule has 0 aromatic carbocycles. The van der Waals surface area contributed by atoms with E-state index >= 15 is 0 Å². The standard InChI is InChI=1S/C13H26N2OS2/c1-3-17-9-6-11(2)15-13(16)10-18-12-4-7-14-8-5-12/h11-12,14H,3-10H2,1-2H3,(H,15,16). The lowest BCUT2D eigenvalue weighted by atomic mass is 10.2. The van der Waals surface area contributed by atoms with Crippen molar-refractivity contribution in [3.05, 3.63) is 0 Å². The molecule has 1 aliphatic rings. The molecule has 0 saturated carbocycles. The molecule has 18 heavy (non-hydrogen) atoms. The van der Waals surface area contributed by atoms with E-state index in [-0.39, 0.29) is 5.91 Å². The lowest BCUT2D eigenvalue weighted by Gasteiger charge is -2.22. The first kappa shape index (κ1) is 16.2. The molecule has 3 nitrogen and oxygen atoms in total. The van der Waals surface area contributed by atoms with Crippen LogP contribution >= 0.6 is 23.5 Å². The van der Waals surface area contributed by atoms with Crippen LogP contribution in [0.3, 0.4) is 0 Å². The fraction of sp³-hybridized carbons (Fsp3) is 0.923. The summed E-state index contributed by atoms with van der Waals surface area (Å²) in [7, 11) is 0. The van der Waals surface area contributed by atoms with E-state index < -0.39 is 0 Å². The first-order valence-electron chi connectivity index (χ1n) is 6.91. The van der Waals surface area contributed by atoms with Gasteiger partial charge in [-0.2, -0.15) is 11.8 Å². The molecule has 1 rings (SSSR count). The van der Waals surface area contributed by atoms with Gasteiger partial charge in [-0.25, -0.2) is 0 Å². The summed E-state index contributed by atoms with van der Waals surface area (Å²) < 4.78 is 0. The van der Waals surface area contributed by atoms with Crippen molar-refractivity contribution in [1.29, 1.82) is 0 Å². The average molecular weight is 290 g/mol. The van der Waals surface area contributed by atoms with Crippen LogP contribution in [-0.4, -0.2) is 47.5 Å². The average Bonchev–Trinajstić information content (AvgIpc) is 2.38. The second-order valence-electron chi connectivity index (χ2n) is 4.71. The van der Waals surface area contributed by atoms with E-state index in [4.69, 9.17) is 0 Å². The highest BCUT2D eigenvalue weighted by atomic mass is 32.2. The Morgan fingerprint density at radius 3 is 2.83 bits per heavy atom. The Morgan fingerprint density at radius 2 is 2.17 bits per heavy atom. The molecule has 1 unspecified atom stereocenters. The van der Waals surface area contributed by atoms with Crippen LogP contribution < -0.4 is 10.6 Å². The van der Waals surface area contributed by atoms with Gasteiger partial charge in [-0.3, -0.25) is 4.79 Å². The lowest BCUT2D eigenvalue weighted by Crippen LogP contribution is -2.35. The molecule has 0 aliphatic carbocycles. The van der Waals surface area contributed by atoms with Gasteiger partial charge in [-0.15, -0.1) is 11.8 Å². The molecule has 0 bridgehead atoms. The molecule has 106 valence electrons. The smallest absolute Gasteiger partial charge is 0.230 e. The van der Waals surface area contributed by atoms with Gasteiger partial charge in [0, 0.05) is 11.3 Å². The maximum atomic E-state index is 11.8. The van der Waals surface area contributed by atoms with Crippen LogP contribution in [0.1, 0.15) is 33.1 Å². The molecule has 0 spiro atoms. The Kier molecular flexibility index (Phi) is 8.98. The van der Waals surface area contributed by atoms with Crippen LogP contribution in [0.25, 0.3) is 0 Å². The summed E-state index contributed by atoms with van der Waals surface area (Å²) in [4.78, 5) is 11.8. The molecule has 2 N–H and O–H groups in total. The molecule has 1 fully saturated rings. The van der Waals surface area contributed by atoms with Crippen molar-refractivity contribution in [3.63, 3.8) is 0 Å². The SMILES string of the molecule is CCSCCC(C)NC(=O)CSC1CCNCC1. The molecule has 1 aliphatic heterocycles. The highest BCUT2D eigenvalue weighted by molar-refractivity contribution is 8.00. The first-order chi connectivity index (χ1) is 8.72. The minimum atomic E-state index is 0.201. The second kappa shape index (κ2) is 9.98. The third-order valence-electron chi connectivity index (χ3n) is 3.04. The Morgan fingerprint density at radius 1 is 1.44 bits per heavy atom. The maximum absolute atomic E-state index is 11.8. The van der Waals surface area contributed by atoms with Gasteiger partial charge in [0.15, 0.2) is 0 Å². The van der Waals surface area contributed by atoms with Crippen molar-refractivity contribution >= 4 is 29.4 Å². The molecule has 1 amide bonds. The highest BCUT2D eigenvalue weighted by Crippen LogP contribution is 2.19. The van der Waals surface area contributed by atoms with Crippen molar-refractivity contribution in [3.8, 4) is 0 Å². The summed E-state index contributed by atoms with van der Waals surface area (Å²) in [5.41, 5.74) is 0. The number of carbonyl (C=O) groups excluding carboxylic acids is 1. The minimum Gasteiger partial charge on any atom is -0.353 e. The van der Waals surface area contributed by atoms with E-state index in [0.29, 0.717) is 17.0 Å². The van der Waals surface area contributed by atoms with Gasteiger partial charge in [0.05, 0.1) is 5.75 Å². The Hall–Kier alpha value is 0.130. The van der Waals surface area contributed by atoms with E-state index in [1.807, 2.05) is 23.5 Å². The van der Waals surface area contributed by atoms with Crippen LogP contribution in [0.15, 0.2) is 0 Å². The van der Waals surface area contributed by atoms with Crippen molar-refractivity contribution in [2.45, 2.75) is 44.4 Å². The van der Waals surface area contributed by atoms with Crippen LogP contribution in [0.5, 0.6) is 0 Å². The molecule has 1 heterocycles. The number of hydrogen-bond donors (Lipinski definition) is 2. The summed E-state index contributed by atoms with van der Waals surface area (Å²) in [6.07, 6.45) is 3.46. The fourth-order valence-corrected chi connectivity index (χ4v) is 3.80. The van der Waals surface area contributed by atoms with Gasteiger partial charge in [0.2, 0.25) is 5.91 Å². The number of piperidine rings is 1. The van der Waals surface area contributed by atoms with Gasteiger partial charge in [-0.1, -0.05) is 6.92 Å². The van der Waals surface area contributed by atoms with Crippen molar-refractivity contribution in [2.24, 2.45) is 0 Å². The molecule has 1 atom stereocenters. The summed E-state index contributed by atoms with van der Waals surface area (Å²) in [6.45, 7) is 6.47. The summed E-state index contributed by atoms with van der Waals surface area (Å²) in [5.74, 6) is 3.12. The van der Waals surface area contributed by atoms with Gasteiger partial charge in [0.1, 0.15) is 0 Å². The number of nitrogens with one attached hydrogen (secondary N) is 2. The van der Waals surface area contributed by atoms with E-state index in [1.165, 1.54) is 12.8 Å². The third-order valence-corrected chi connectivity index (χ3v) is 5.35. The molecule has 1 saturated heterocycles. The predicted molar refractivity (Wildman–Crippen MR) is 83.6 cm³/mol. The monoisotopic (exact) mass is 290 g/mol.